The van der Waals surface area contributed by atoms with Crippen molar-refractivity contribution >= 4 is 12.6 Å². The summed E-state index contributed by atoms with van der Waals surface area (Å²) in [7, 11) is 0. The highest BCUT2D eigenvalue weighted by molar-refractivity contribution is 5.87. The van der Waals surface area contributed by atoms with Crippen LogP contribution in [0.2, 0.25) is 0 Å². The quantitative estimate of drug-likeness (QED) is 0.289. The van der Waals surface area contributed by atoms with Crippen molar-refractivity contribution in [3.63, 3.8) is 0 Å². The van der Waals surface area contributed by atoms with Crippen LogP contribution in [0.15, 0.2) is 10.1 Å². The van der Waals surface area contributed by atoms with Gasteiger partial charge in [0.15, 0.2) is 5.84 Å². The Labute approximate surface area is 67.8 Å². The molecular formula is C8H16N2O. The van der Waals surface area contributed by atoms with Gasteiger partial charge < -0.3 is 5.21 Å². The van der Waals surface area contributed by atoms with Crippen LogP contribution in [-0.4, -0.2) is 17.8 Å². The number of amidine groups is 1. The molecule has 0 radical (unpaired) electrons. The van der Waals surface area contributed by atoms with E-state index in [1.807, 2.05) is 6.92 Å². The number of rotatable bonds is 3. The van der Waals surface area contributed by atoms with Crippen molar-refractivity contribution in [3.8, 4) is 0 Å². The molecule has 3 nitrogen and oxygen atoms in total. The van der Waals surface area contributed by atoms with Crippen molar-refractivity contribution in [2.45, 2.75) is 27.2 Å². The normalized spacial score (nSPS) is 15.1. The molecule has 0 amide bonds. The fourth-order valence-electron chi connectivity index (χ4n) is 1.10. The third kappa shape index (κ3) is 3.75. The molecular weight excluding hydrogens is 140 g/mol. The molecule has 0 aromatic rings. The Kier molecular flexibility index (Phi) is 4.50. The highest BCUT2D eigenvalue weighted by atomic mass is 16.4. The SMILES string of the molecule is C=N/C(=N/O)C(C)CC(C)C. The fraction of sp³-hybridized carbons (Fsp3) is 0.750. The zero-order valence-corrected chi connectivity index (χ0v) is 7.41. The molecule has 0 saturated heterocycles. The van der Waals surface area contributed by atoms with Crippen LogP contribution in [0, 0.1) is 11.8 Å². The second-order valence-corrected chi connectivity index (χ2v) is 3.15. The predicted octanol–water partition coefficient (Wildman–Crippen LogP) is 2.16. The Hall–Kier alpha value is -0.860. The van der Waals surface area contributed by atoms with Gasteiger partial charge in [0.05, 0.1) is 0 Å². The maximum Gasteiger partial charge on any atom is 0.169 e. The van der Waals surface area contributed by atoms with Gasteiger partial charge in [-0.1, -0.05) is 25.9 Å². The maximum atomic E-state index is 8.46. The molecule has 0 spiro atoms. The van der Waals surface area contributed by atoms with Crippen molar-refractivity contribution in [1.29, 1.82) is 0 Å². The molecule has 0 aromatic heterocycles. The summed E-state index contributed by atoms with van der Waals surface area (Å²) in [6.45, 7) is 9.53. The van der Waals surface area contributed by atoms with E-state index in [1.165, 1.54) is 0 Å². The number of hydrogen-bond donors (Lipinski definition) is 1. The molecule has 0 heterocycles. The zero-order chi connectivity index (χ0) is 8.85. The van der Waals surface area contributed by atoms with Crippen LogP contribution in [0.4, 0.5) is 0 Å². The smallest absolute Gasteiger partial charge is 0.169 e. The molecule has 1 unspecified atom stereocenters. The molecule has 1 atom stereocenters. The Morgan fingerprint density at radius 1 is 1.45 bits per heavy atom. The largest absolute Gasteiger partial charge is 0.409 e. The third-order valence-electron chi connectivity index (χ3n) is 1.53. The first-order valence-corrected chi connectivity index (χ1v) is 3.80. The van der Waals surface area contributed by atoms with Gasteiger partial charge in [0.1, 0.15) is 0 Å². The number of nitrogens with zero attached hydrogens (tertiary/aromatic N) is 2. The van der Waals surface area contributed by atoms with Crippen LogP contribution in [0.1, 0.15) is 27.2 Å². The standard InChI is InChI=1S/C8H16N2O/c1-6(2)5-7(3)8(9-4)10-11/h6-7,11H,4-5H2,1-3H3/b10-8+. The van der Waals surface area contributed by atoms with E-state index < -0.39 is 0 Å². The lowest BCUT2D eigenvalue weighted by Gasteiger charge is -2.11. The fourth-order valence-corrected chi connectivity index (χ4v) is 1.10. The summed E-state index contributed by atoms with van der Waals surface area (Å²) in [5, 5.41) is 11.5. The average molecular weight is 156 g/mol. The van der Waals surface area contributed by atoms with Gasteiger partial charge in [-0.25, -0.2) is 4.99 Å². The third-order valence-corrected chi connectivity index (χ3v) is 1.53. The Balaban J connectivity index is 4.00. The van der Waals surface area contributed by atoms with E-state index in [9.17, 15) is 0 Å². The maximum absolute atomic E-state index is 8.46. The van der Waals surface area contributed by atoms with E-state index in [1.54, 1.807) is 0 Å². The summed E-state index contributed by atoms with van der Waals surface area (Å²) in [4.78, 5) is 3.61. The number of aliphatic imine (C=N–C) groups is 1. The van der Waals surface area contributed by atoms with Crippen molar-refractivity contribution in [2.75, 3.05) is 0 Å². The molecule has 64 valence electrons. The van der Waals surface area contributed by atoms with Crippen LogP contribution in [0.3, 0.4) is 0 Å². The van der Waals surface area contributed by atoms with Crippen molar-refractivity contribution in [3.05, 3.63) is 0 Å². The van der Waals surface area contributed by atoms with Gasteiger partial charge in [-0.05, 0) is 19.1 Å². The van der Waals surface area contributed by atoms with E-state index in [0.29, 0.717) is 11.8 Å². The highest BCUT2D eigenvalue weighted by Gasteiger charge is 2.10. The molecule has 0 aliphatic heterocycles. The monoisotopic (exact) mass is 156 g/mol. The summed E-state index contributed by atoms with van der Waals surface area (Å²) in [6.07, 6.45) is 0.971. The van der Waals surface area contributed by atoms with Gasteiger partial charge in [0.25, 0.3) is 0 Å². The summed E-state index contributed by atoms with van der Waals surface area (Å²) in [6, 6.07) is 0. The second-order valence-electron chi connectivity index (χ2n) is 3.15. The van der Waals surface area contributed by atoms with E-state index >= 15 is 0 Å². The predicted molar refractivity (Wildman–Crippen MR) is 47.4 cm³/mol. The van der Waals surface area contributed by atoms with E-state index in [0.717, 1.165) is 6.42 Å². The van der Waals surface area contributed by atoms with Crippen molar-refractivity contribution in [1.82, 2.24) is 0 Å². The lowest BCUT2D eigenvalue weighted by molar-refractivity contribution is 0.313. The van der Waals surface area contributed by atoms with Gasteiger partial charge in [0, 0.05) is 5.92 Å². The average Bonchev–Trinajstić information content (AvgIpc) is 1.88. The minimum absolute atomic E-state index is 0.192. The van der Waals surface area contributed by atoms with Gasteiger partial charge in [-0.15, -0.1) is 0 Å². The van der Waals surface area contributed by atoms with Crippen LogP contribution in [0.25, 0.3) is 0 Å². The number of oxime groups is 1. The first-order valence-electron chi connectivity index (χ1n) is 3.80. The molecule has 0 saturated carbocycles. The lowest BCUT2D eigenvalue weighted by Crippen LogP contribution is -2.10. The summed E-state index contributed by atoms with van der Waals surface area (Å²) >= 11 is 0. The van der Waals surface area contributed by atoms with Gasteiger partial charge in [-0.3, -0.25) is 0 Å². The molecule has 3 heteroatoms. The zero-order valence-electron chi connectivity index (χ0n) is 7.41. The van der Waals surface area contributed by atoms with Gasteiger partial charge in [0.2, 0.25) is 0 Å². The summed E-state index contributed by atoms with van der Waals surface area (Å²) in [5.74, 6) is 1.21. The molecule has 0 aliphatic carbocycles. The molecule has 11 heavy (non-hydrogen) atoms. The molecule has 0 rings (SSSR count). The van der Waals surface area contributed by atoms with Crippen LogP contribution in [0.5, 0.6) is 0 Å². The molecule has 0 fully saturated rings. The second kappa shape index (κ2) is 4.88. The van der Waals surface area contributed by atoms with Gasteiger partial charge >= 0.3 is 0 Å². The summed E-state index contributed by atoms with van der Waals surface area (Å²) < 4.78 is 0. The van der Waals surface area contributed by atoms with E-state index in [-0.39, 0.29) is 5.92 Å². The highest BCUT2D eigenvalue weighted by Crippen LogP contribution is 2.12. The van der Waals surface area contributed by atoms with Crippen LogP contribution in [-0.2, 0) is 0 Å². The Bertz CT molecular complexity index is 152. The van der Waals surface area contributed by atoms with Crippen LogP contribution < -0.4 is 0 Å². The molecule has 0 aromatic carbocycles. The van der Waals surface area contributed by atoms with Gasteiger partial charge in [-0.2, -0.15) is 0 Å². The van der Waals surface area contributed by atoms with E-state index in [4.69, 9.17) is 5.21 Å². The first kappa shape index (κ1) is 10.1. The Morgan fingerprint density at radius 2 is 2.00 bits per heavy atom. The minimum Gasteiger partial charge on any atom is -0.409 e. The minimum atomic E-state index is 0.192. The van der Waals surface area contributed by atoms with Crippen molar-refractivity contribution in [2.24, 2.45) is 22.0 Å². The lowest BCUT2D eigenvalue weighted by atomic mass is 9.98. The van der Waals surface area contributed by atoms with Crippen molar-refractivity contribution < 1.29 is 5.21 Å². The number of hydrogen-bond acceptors (Lipinski definition) is 2. The van der Waals surface area contributed by atoms with Crippen LogP contribution >= 0.6 is 0 Å². The first-order chi connectivity index (χ1) is 5.11. The molecule has 1 N–H and O–H groups in total. The summed E-state index contributed by atoms with van der Waals surface area (Å²) in [5.41, 5.74) is 0. The molecule has 0 bridgehead atoms. The topological polar surface area (TPSA) is 45.0 Å². The Morgan fingerprint density at radius 3 is 2.27 bits per heavy atom. The van der Waals surface area contributed by atoms with E-state index in [2.05, 4.69) is 30.7 Å². The molecule has 0 aliphatic rings.